The van der Waals surface area contributed by atoms with Gasteiger partial charge in [0.1, 0.15) is 0 Å². The average Bonchev–Trinajstić information content (AvgIpc) is 3.31. The molecule has 4 rings (SSSR count). The number of carboxylic acids is 1. The number of benzene rings is 2. The summed E-state index contributed by atoms with van der Waals surface area (Å²) < 4.78 is 40.0. The Kier molecular flexibility index (Phi) is 5.88. The minimum atomic E-state index is -4.40. The van der Waals surface area contributed by atoms with Crippen LogP contribution in [0, 0.1) is 0 Å². The number of carbonyl (C=O) groups is 2. The molecule has 0 bridgehead atoms. The van der Waals surface area contributed by atoms with Crippen molar-refractivity contribution in [3.63, 3.8) is 0 Å². The number of aryl methyl sites for hydroxylation is 1. The van der Waals surface area contributed by atoms with Gasteiger partial charge in [-0.05, 0) is 59.4 Å². The number of aliphatic carboxylic acids is 1. The fraction of sp³-hybridized carbons (Fsp3) is 0.360. The molecule has 0 amide bonds. The molecule has 168 valence electrons. The lowest BCUT2D eigenvalue weighted by Crippen LogP contribution is -2.09. The van der Waals surface area contributed by atoms with Crippen LogP contribution in [0.5, 0.6) is 0 Å². The number of alkyl halides is 3. The predicted molar refractivity (Wildman–Crippen MR) is 119 cm³/mol. The first kappa shape index (κ1) is 22.5. The van der Waals surface area contributed by atoms with E-state index in [0.29, 0.717) is 35.1 Å². The predicted octanol–water partition coefficient (Wildman–Crippen LogP) is 6.97. The van der Waals surface area contributed by atoms with Crippen LogP contribution in [0.25, 0.3) is 10.1 Å². The molecule has 1 atom stereocenters. The van der Waals surface area contributed by atoms with Gasteiger partial charge in [-0.25, -0.2) is 0 Å². The third-order valence-corrected chi connectivity index (χ3v) is 7.39. The minimum Gasteiger partial charge on any atom is -0.481 e. The molecule has 0 aliphatic heterocycles. The van der Waals surface area contributed by atoms with Crippen molar-refractivity contribution >= 4 is 33.2 Å². The number of hydrogen-bond acceptors (Lipinski definition) is 3. The van der Waals surface area contributed by atoms with Crippen LogP contribution in [0.2, 0.25) is 0 Å². The molecular weight excluding hydrogens is 437 g/mol. The van der Waals surface area contributed by atoms with Crippen molar-refractivity contribution in [3.8, 4) is 0 Å². The molecule has 7 heteroatoms. The largest absolute Gasteiger partial charge is 0.481 e. The summed E-state index contributed by atoms with van der Waals surface area (Å²) in [5, 5.41) is 10.2. The summed E-state index contributed by atoms with van der Waals surface area (Å²) >= 11 is 1.32. The normalized spacial score (nSPS) is 16.0. The molecular formula is C25H23F3O3S. The summed E-state index contributed by atoms with van der Waals surface area (Å²) in [5.41, 5.74) is 2.43. The van der Waals surface area contributed by atoms with Crippen LogP contribution in [0.1, 0.15) is 76.0 Å². The van der Waals surface area contributed by atoms with Crippen molar-refractivity contribution in [1.82, 2.24) is 0 Å². The monoisotopic (exact) mass is 460 g/mol. The zero-order valence-electron chi connectivity index (χ0n) is 17.8. The Hall–Kier alpha value is -2.67. The Bertz CT molecular complexity index is 1210. The van der Waals surface area contributed by atoms with E-state index in [0.717, 1.165) is 27.5 Å². The highest BCUT2D eigenvalue weighted by Crippen LogP contribution is 2.41. The van der Waals surface area contributed by atoms with Gasteiger partial charge in [0.2, 0.25) is 0 Å². The van der Waals surface area contributed by atoms with Gasteiger partial charge in [-0.2, -0.15) is 13.2 Å². The van der Waals surface area contributed by atoms with Crippen molar-refractivity contribution in [2.24, 2.45) is 0 Å². The number of hydrogen-bond donors (Lipinski definition) is 1. The first-order valence-corrected chi connectivity index (χ1v) is 11.4. The Labute approximate surface area is 187 Å². The fourth-order valence-corrected chi connectivity index (χ4v) is 6.10. The van der Waals surface area contributed by atoms with Crippen LogP contribution in [-0.2, 0) is 23.8 Å². The van der Waals surface area contributed by atoms with Crippen LogP contribution >= 0.6 is 11.3 Å². The Morgan fingerprint density at radius 2 is 1.94 bits per heavy atom. The maximum absolute atomic E-state index is 13.1. The molecule has 1 aliphatic carbocycles. The van der Waals surface area contributed by atoms with Gasteiger partial charge < -0.3 is 5.11 Å². The van der Waals surface area contributed by atoms with E-state index in [1.165, 1.54) is 23.5 Å². The van der Waals surface area contributed by atoms with E-state index in [9.17, 15) is 27.9 Å². The van der Waals surface area contributed by atoms with Gasteiger partial charge in [-0.15, -0.1) is 11.3 Å². The Morgan fingerprint density at radius 3 is 2.59 bits per heavy atom. The first-order valence-electron chi connectivity index (χ1n) is 10.6. The molecule has 0 fully saturated rings. The van der Waals surface area contributed by atoms with Gasteiger partial charge in [0, 0.05) is 21.6 Å². The number of ketones is 1. The van der Waals surface area contributed by atoms with Crippen LogP contribution in [0.3, 0.4) is 0 Å². The van der Waals surface area contributed by atoms with Crippen LogP contribution in [0.15, 0.2) is 36.4 Å². The number of thiophene rings is 1. The molecule has 1 N–H and O–H groups in total. The zero-order chi connectivity index (χ0) is 23.2. The molecule has 0 radical (unpaired) electrons. The number of rotatable bonds is 6. The Morgan fingerprint density at radius 1 is 1.19 bits per heavy atom. The van der Waals surface area contributed by atoms with Crippen LogP contribution < -0.4 is 0 Å². The summed E-state index contributed by atoms with van der Waals surface area (Å²) in [5.74, 6) is -1.40. The van der Waals surface area contributed by atoms with E-state index in [1.807, 2.05) is 13.8 Å². The van der Waals surface area contributed by atoms with Crippen LogP contribution in [-0.4, -0.2) is 16.9 Å². The lowest BCUT2D eigenvalue weighted by atomic mass is 9.93. The molecule has 3 aromatic rings. The second-order valence-corrected chi connectivity index (χ2v) is 9.67. The molecule has 1 unspecified atom stereocenters. The second-order valence-electron chi connectivity index (χ2n) is 8.53. The smallest absolute Gasteiger partial charge is 0.416 e. The average molecular weight is 461 g/mol. The third-order valence-electron chi connectivity index (χ3n) is 6.16. The molecule has 2 aromatic carbocycles. The van der Waals surface area contributed by atoms with E-state index >= 15 is 0 Å². The first-order chi connectivity index (χ1) is 15.1. The van der Waals surface area contributed by atoms with Gasteiger partial charge >= 0.3 is 12.1 Å². The molecule has 1 heterocycles. The molecule has 1 aromatic heterocycles. The molecule has 0 saturated carbocycles. The number of carbonyl (C=O) groups excluding carboxylic acids is 1. The number of Topliss-reactive ketones (excluding diaryl/α,β-unsaturated/α-hetero) is 1. The van der Waals surface area contributed by atoms with Gasteiger partial charge in [0.05, 0.1) is 11.5 Å². The highest BCUT2D eigenvalue weighted by molar-refractivity contribution is 7.19. The summed E-state index contributed by atoms with van der Waals surface area (Å²) in [4.78, 5) is 25.4. The van der Waals surface area contributed by atoms with Crippen molar-refractivity contribution in [3.05, 3.63) is 69.1 Å². The van der Waals surface area contributed by atoms with E-state index in [4.69, 9.17) is 0 Å². The molecule has 32 heavy (non-hydrogen) atoms. The van der Waals surface area contributed by atoms with E-state index < -0.39 is 23.6 Å². The molecule has 1 aliphatic rings. The summed E-state index contributed by atoms with van der Waals surface area (Å²) in [7, 11) is 0. The lowest BCUT2D eigenvalue weighted by molar-refractivity contribution is -0.139. The summed E-state index contributed by atoms with van der Waals surface area (Å²) in [6, 6.07) is 9.08. The van der Waals surface area contributed by atoms with E-state index in [2.05, 4.69) is 0 Å². The zero-order valence-corrected chi connectivity index (χ0v) is 18.6. The quantitative estimate of drug-likeness (QED) is 0.404. The van der Waals surface area contributed by atoms with Crippen molar-refractivity contribution in [2.45, 2.75) is 57.5 Å². The highest BCUT2D eigenvalue weighted by atomic mass is 32.1. The minimum absolute atomic E-state index is 0.0592. The second kappa shape index (κ2) is 8.35. The maximum atomic E-state index is 13.1. The SMILES string of the molecule is CC(C)c1c(CCC(=O)c2cccc3c2CCC3C(=O)O)sc2cc(C(F)(F)F)ccc12. The molecule has 0 spiro atoms. The topological polar surface area (TPSA) is 54.4 Å². The third kappa shape index (κ3) is 4.06. The van der Waals surface area contributed by atoms with Gasteiger partial charge in [-0.1, -0.05) is 38.1 Å². The number of carboxylic acid groups (broad SMARTS) is 1. The summed E-state index contributed by atoms with van der Waals surface area (Å²) in [6.07, 6.45) is -2.67. The van der Waals surface area contributed by atoms with Gasteiger partial charge in [0.25, 0.3) is 0 Å². The summed E-state index contributed by atoms with van der Waals surface area (Å²) in [6.45, 7) is 4.00. The standard InChI is InChI=1S/C25H23F3O3S/c1-13(2)23-19-7-6-14(25(26,27)28)12-22(19)32-21(23)11-10-20(29)17-5-3-4-15-16(17)8-9-18(15)24(30)31/h3-7,12-13,18H,8-11H2,1-2H3,(H,30,31). The molecule has 0 saturated heterocycles. The lowest BCUT2D eigenvalue weighted by Gasteiger charge is -2.11. The van der Waals surface area contributed by atoms with Crippen molar-refractivity contribution in [2.75, 3.05) is 0 Å². The molecule has 3 nitrogen and oxygen atoms in total. The fourth-order valence-electron chi connectivity index (χ4n) is 4.70. The van der Waals surface area contributed by atoms with E-state index in [1.54, 1.807) is 18.2 Å². The highest BCUT2D eigenvalue weighted by Gasteiger charge is 2.32. The van der Waals surface area contributed by atoms with Gasteiger partial charge in [0.15, 0.2) is 5.78 Å². The van der Waals surface area contributed by atoms with Crippen LogP contribution in [0.4, 0.5) is 13.2 Å². The van der Waals surface area contributed by atoms with Crippen molar-refractivity contribution in [1.29, 1.82) is 0 Å². The van der Waals surface area contributed by atoms with E-state index in [-0.39, 0.29) is 18.1 Å². The van der Waals surface area contributed by atoms with Gasteiger partial charge in [-0.3, -0.25) is 9.59 Å². The number of fused-ring (bicyclic) bond motifs is 2. The number of halogens is 3. The Balaban J connectivity index is 1.62. The van der Waals surface area contributed by atoms with Crippen molar-refractivity contribution < 1.29 is 27.9 Å². The maximum Gasteiger partial charge on any atom is 0.416 e.